The highest BCUT2D eigenvalue weighted by molar-refractivity contribution is 5.82. The summed E-state index contributed by atoms with van der Waals surface area (Å²) in [5.41, 5.74) is 8.08. The number of hydrogen-bond acceptors (Lipinski definition) is 8. The number of aliphatic hydroxyl groups is 1. The van der Waals surface area contributed by atoms with Crippen LogP contribution < -0.4 is 21.3 Å². The van der Waals surface area contributed by atoms with Crippen LogP contribution in [-0.4, -0.2) is 40.5 Å². The molecule has 5 rings (SSSR count). The van der Waals surface area contributed by atoms with Crippen LogP contribution >= 0.6 is 0 Å². The molecule has 2 aromatic carbocycles. The Morgan fingerprint density at radius 1 is 1.12 bits per heavy atom. The van der Waals surface area contributed by atoms with Gasteiger partial charge in [-0.25, -0.2) is 9.48 Å². The third kappa shape index (κ3) is 4.92. The molecule has 0 fully saturated rings. The quantitative estimate of drug-likeness (QED) is 0.294. The zero-order chi connectivity index (χ0) is 28.8. The number of nitrogens with two attached hydrogens (primary N) is 1. The molecular weight excluding hydrogens is 512 g/mol. The number of carbonyl (C=O) groups excluding carboxylic acids is 1. The van der Waals surface area contributed by atoms with Crippen LogP contribution in [0.2, 0.25) is 0 Å². The minimum atomic E-state index is -1.02. The number of aryl methyl sites for hydroxylation is 2. The van der Waals surface area contributed by atoms with E-state index in [-0.39, 0.29) is 22.5 Å². The Balaban J connectivity index is 1.61. The molecule has 0 atom stereocenters. The van der Waals surface area contributed by atoms with E-state index in [9.17, 15) is 14.7 Å². The van der Waals surface area contributed by atoms with Crippen LogP contribution in [0.4, 0.5) is 16.4 Å². The van der Waals surface area contributed by atoms with Gasteiger partial charge in [0.25, 0.3) is 5.56 Å². The van der Waals surface area contributed by atoms with Crippen LogP contribution in [0.15, 0.2) is 59.7 Å². The Morgan fingerprint density at radius 2 is 1.88 bits per heavy atom. The fourth-order valence-corrected chi connectivity index (χ4v) is 4.42. The Kier molecular flexibility index (Phi) is 6.64. The third-order valence-electron chi connectivity index (χ3n) is 6.66. The van der Waals surface area contributed by atoms with Crippen molar-refractivity contribution in [1.29, 1.82) is 0 Å². The molecule has 206 valence electrons. The van der Waals surface area contributed by atoms with Crippen molar-refractivity contribution in [3.05, 3.63) is 82.0 Å². The van der Waals surface area contributed by atoms with Crippen molar-refractivity contribution in [3.8, 4) is 17.1 Å². The van der Waals surface area contributed by atoms with E-state index in [4.69, 9.17) is 10.5 Å². The van der Waals surface area contributed by atoms with Gasteiger partial charge < -0.3 is 20.9 Å². The molecule has 3 aromatic heterocycles. The van der Waals surface area contributed by atoms with Crippen molar-refractivity contribution in [3.63, 3.8) is 0 Å². The molecule has 0 unspecified atom stereocenters. The summed E-state index contributed by atoms with van der Waals surface area (Å²) in [5, 5.41) is 28.0. The molecule has 12 heteroatoms. The zero-order valence-electron chi connectivity index (χ0n) is 22.8. The van der Waals surface area contributed by atoms with Gasteiger partial charge in [-0.3, -0.25) is 9.48 Å². The molecule has 0 spiro atoms. The monoisotopic (exact) mass is 542 g/mol. The smallest absolute Gasteiger partial charge is 0.405 e. The van der Waals surface area contributed by atoms with Crippen molar-refractivity contribution in [1.82, 2.24) is 29.3 Å². The van der Waals surface area contributed by atoms with E-state index < -0.39 is 12.7 Å². The lowest BCUT2D eigenvalue weighted by atomic mass is 9.86. The normalized spacial score (nSPS) is 11.7. The van der Waals surface area contributed by atoms with Gasteiger partial charge in [-0.05, 0) is 42.2 Å². The molecule has 0 bridgehead atoms. The van der Waals surface area contributed by atoms with E-state index in [1.54, 1.807) is 48.3 Å². The van der Waals surface area contributed by atoms with Gasteiger partial charge in [0.15, 0.2) is 17.4 Å². The Bertz CT molecular complexity index is 1790. The number of rotatable bonds is 6. The first-order valence-corrected chi connectivity index (χ1v) is 12.6. The summed E-state index contributed by atoms with van der Waals surface area (Å²) in [6.45, 7) is 7.79. The molecule has 0 aliphatic rings. The second-order valence-corrected chi connectivity index (χ2v) is 10.5. The lowest BCUT2D eigenvalue weighted by Gasteiger charge is -2.19. The summed E-state index contributed by atoms with van der Waals surface area (Å²) in [6.07, 6.45) is 2.08. The number of benzene rings is 2. The zero-order valence-corrected chi connectivity index (χ0v) is 22.8. The van der Waals surface area contributed by atoms with E-state index in [0.29, 0.717) is 28.1 Å². The first-order chi connectivity index (χ1) is 19.0. The molecule has 3 heterocycles. The molecule has 5 aromatic rings. The number of primary amides is 1. The maximum atomic E-state index is 13.5. The fourth-order valence-electron chi connectivity index (χ4n) is 4.42. The average Bonchev–Trinajstić information content (AvgIpc) is 3.43. The molecule has 12 nitrogen and oxygen atoms in total. The maximum Gasteiger partial charge on any atom is 0.410 e. The predicted molar refractivity (Wildman–Crippen MR) is 151 cm³/mol. The molecule has 40 heavy (non-hydrogen) atoms. The summed E-state index contributed by atoms with van der Waals surface area (Å²) in [6, 6.07) is 12.6. The van der Waals surface area contributed by atoms with Crippen LogP contribution in [-0.2, 0) is 19.1 Å². The number of nitrogens with zero attached hydrogens (tertiary/aromatic N) is 6. The van der Waals surface area contributed by atoms with Gasteiger partial charge in [-0.1, -0.05) is 32.9 Å². The molecule has 0 saturated carbocycles. The van der Waals surface area contributed by atoms with Gasteiger partial charge in [0.1, 0.15) is 0 Å². The van der Waals surface area contributed by atoms with Gasteiger partial charge in [-0.2, -0.15) is 14.9 Å². The van der Waals surface area contributed by atoms with Gasteiger partial charge in [0.2, 0.25) is 0 Å². The number of carbonyl (C=O) groups is 1. The summed E-state index contributed by atoms with van der Waals surface area (Å²) < 4.78 is 9.54. The van der Waals surface area contributed by atoms with E-state index >= 15 is 0 Å². The Labute approximate surface area is 229 Å². The molecule has 0 aliphatic heterocycles. The number of ether oxygens (including phenoxy) is 1. The van der Waals surface area contributed by atoms with Gasteiger partial charge in [0, 0.05) is 29.8 Å². The van der Waals surface area contributed by atoms with Crippen molar-refractivity contribution < 1.29 is 14.6 Å². The molecule has 1 amide bonds. The van der Waals surface area contributed by atoms with Crippen LogP contribution in [0.1, 0.15) is 37.6 Å². The summed E-state index contributed by atoms with van der Waals surface area (Å²) in [5.74, 6) is 0.722. The van der Waals surface area contributed by atoms with Crippen LogP contribution in [0.5, 0.6) is 5.75 Å². The largest absolute Gasteiger partial charge is 0.410 e. The number of aromatic nitrogens is 6. The number of fused-ring (bicyclic) bond motifs is 1. The first-order valence-electron chi connectivity index (χ1n) is 12.6. The highest BCUT2D eigenvalue weighted by Crippen LogP contribution is 2.30. The van der Waals surface area contributed by atoms with E-state index in [0.717, 1.165) is 16.6 Å². The minimum Gasteiger partial charge on any atom is -0.405 e. The molecule has 0 saturated heterocycles. The van der Waals surface area contributed by atoms with E-state index in [1.807, 2.05) is 19.1 Å². The lowest BCUT2D eigenvalue weighted by molar-refractivity contribution is 0.211. The molecular formula is C28H30N8O4. The Hall–Kier alpha value is -4.97. The van der Waals surface area contributed by atoms with Gasteiger partial charge in [0.05, 0.1) is 35.8 Å². The minimum absolute atomic E-state index is 0.0562. The van der Waals surface area contributed by atoms with E-state index in [1.165, 1.54) is 15.6 Å². The first kappa shape index (κ1) is 26.6. The average molecular weight is 543 g/mol. The molecule has 0 aliphatic carbocycles. The van der Waals surface area contributed by atoms with Gasteiger partial charge >= 0.3 is 6.09 Å². The fraction of sp³-hybridized carbons (Fsp3) is 0.250. The SMILES string of the molecule is Cc1cc(Nc2nn(-c3cccc(-n4ncc5cc(C(C)(C)C)ccc5c4=O)c3CO)cc2OC(N)=O)nn1C. The summed E-state index contributed by atoms with van der Waals surface area (Å²) in [7, 11) is 1.80. The highest BCUT2D eigenvalue weighted by atomic mass is 16.5. The van der Waals surface area contributed by atoms with Crippen molar-refractivity contribution in [2.24, 2.45) is 12.8 Å². The van der Waals surface area contributed by atoms with Crippen molar-refractivity contribution in [2.45, 2.75) is 39.7 Å². The standard InChI is InChI=1S/C28H30N8O4/c1-16-11-24(32-34(16)5)31-25-23(40-27(29)39)14-35(33-25)21-7-6-8-22(20(21)15-37)36-26(38)19-10-9-18(28(2,3)4)12-17(19)13-30-36/h6-14,37H,15H2,1-5H3,(H2,29,39)(H,31,32,33). The molecule has 0 radical (unpaired) electrons. The maximum absolute atomic E-state index is 13.5. The van der Waals surface area contributed by atoms with Crippen LogP contribution in [0.3, 0.4) is 0 Å². The number of aliphatic hydroxyl groups excluding tert-OH is 1. The van der Waals surface area contributed by atoms with Crippen LogP contribution in [0.25, 0.3) is 22.1 Å². The highest BCUT2D eigenvalue weighted by Gasteiger charge is 2.20. The van der Waals surface area contributed by atoms with Gasteiger partial charge in [-0.15, -0.1) is 5.10 Å². The van der Waals surface area contributed by atoms with Crippen LogP contribution in [0, 0.1) is 6.92 Å². The number of anilines is 2. The van der Waals surface area contributed by atoms with E-state index in [2.05, 4.69) is 41.4 Å². The second-order valence-electron chi connectivity index (χ2n) is 10.5. The number of amides is 1. The third-order valence-corrected chi connectivity index (χ3v) is 6.66. The lowest BCUT2D eigenvalue weighted by Crippen LogP contribution is -2.23. The predicted octanol–water partition coefficient (Wildman–Crippen LogP) is 3.60. The molecule has 4 N–H and O–H groups in total. The number of hydrogen-bond donors (Lipinski definition) is 3. The summed E-state index contributed by atoms with van der Waals surface area (Å²) >= 11 is 0. The number of nitrogens with one attached hydrogen (secondary N) is 1. The van der Waals surface area contributed by atoms with Crippen molar-refractivity contribution >= 4 is 28.5 Å². The topological polar surface area (TPSA) is 155 Å². The van der Waals surface area contributed by atoms with Crippen molar-refractivity contribution in [2.75, 3.05) is 5.32 Å². The second kappa shape index (κ2) is 9.97. The summed E-state index contributed by atoms with van der Waals surface area (Å²) in [4.78, 5) is 25.1. The Morgan fingerprint density at radius 3 is 2.52 bits per heavy atom.